The number of hydrogen-bond donors (Lipinski definition) is 4. The lowest BCUT2D eigenvalue weighted by atomic mass is 9.81. The summed E-state index contributed by atoms with van der Waals surface area (Å²) in [5.74, 6) is 0.465. The summed E-state index contributed by atoms with van der Waals surface area (Å²) in [6.45, 7) is 0.676. The first-order valence-electron chi connectivity index (χ1n) is 7.33. The number of anilines is 2. The maximum atomic E-state index is 13.3. The summed E-state index contributed by atoms with van der Waals surface area (Å²) in [6, 6.07) is 4.56. The van der Waals surface area contributed by atoms with Crippen LogP contribution in [0.2, 0.25) is 0 Å². The van der Waals surface area contributed by atoms with Crippen molar-refractivity contribution in [2.45, 2.75) is 18.9 Å². The van der Waals surface area contributed by atoms with Gasteiger partial charge in [-0.25, -0.2) is 9.02 Å². The van der Waals surface area contributed by atoms with E-state index < -0.39 is 5.82 Å². The van der Waals surface area contributed by atoms with E-state index in [1.165, 1.54) is 18.2 Å². The molecule has 0 atom stereocenters. The predicted octanol–water partition coefficient (Wildman–Crippen LogP) is 2.37. The lowest BCUT2D eigenvalue weighted by Gasteiger charge is -2.32. The number of oxime groups is 1. The average Bonchev–Trinajstić information content (AvgIpc) is 3.00. The van der Waals surface area contributed by atoms with Crippen LogP contribution < -0.4 is 16.4 Å². The van der Waals surface area contributed by atoms with E-state index in [-0.39, 0.29) is 22.0 Å². The minimum Gasteiger partial charge on any atom is -0.409 e. The Morgan fingerprint density at radius 1 is 1.46 bits per heavy atom. The molecule has 0 unspecified atom stereocenters. The Morgan fingerprint density at radius 3 is 2.92 bits per heavy atom. The van der Waals surface area contributed by atoms with Crippen LogP contribution in [0, 0.1) is 11.7 Å². The van der Waals surface area contributed by atoms with Gasteiger partial charge in [0.05, 0.1) is 4.47 Å². The van der Waals surface area contributed by atoms with Gasteiger partial charge in [-0.15, -0.1) is 0 Å². The molecule has 10 heteroatoms. The zero-order valence-corrected chi connectivity index (χ0v) is 14.1. The van der Waals surface area contributed by atoms with E-state index >= 15 is 0 Å². The van der Waals surface area contributed by atoms with Crippen LogP contribution in [0.5, 0.6) is 0 Å². The molecule has 0 saturated heterocycles. The van der Waals surface area contributed by atoms with Crippen LogP contribution in [0.25, 0.3) is 0 Å². The molecule has 2 aromatic rings. The lowest BCUT2D eigenvalue weighted by Crippen LogP contribution is -2.39. The van der Waals surface area contributed by atoms with Gasteiger partial charge in [0.15, 0.2) is 5.69 Å². The van der Waals surface area contributed by atoms with Gasteiger partial charge >= 0.3 is 0 Å². The fourth-order valence-corrected chi connectivity index (χ4v) is 2.88. The molecule has 5 N–H and O–H groups in total. The summed E-state index contributed by atoms with van der Waals surface area (Å²) < 4.78 is 18.3. The minimum absolute atomic E-state index is 0.0302. The van der Waals surface area contributed by atoms with Gasteiger partial charge in [-0.3, -0.25) is 0 Å². The maximum Gasteiger partial charge on any atom is 0.203 e. The number of aromatic nitrogens is 2. The molecule has 0 radical (unpaired) electrons. The largest absolute Gasteiger partial charge is 0.409 e. The second-order valence-corrected chi connectivity index (χ2v) is 6.50. The van der Waals surface area contributed by atoms with E-state index in [9.17, 15) is 9.60 Å². The molecule has 0 aliphatic heterocycles. The zero-order valence-electron chi connectivity index (χ0n) is 12.5. The van der Waals surface area contributed by atoms with Crippen molar-refractivity contribution >= 4 is 33.3 Å². The molecule has 1 heterocycles. The molecule has 128 valence electrons. The van der Waals surface area contributed by atoms with Gasteiger partial charge in [0.1, 0.15) is 5.82 Å². The van der Waals surface area contributed by atoms with Crippen LogP contribution in [0.4, 0.5) is 15.9 Å². The first-order chi connectivity index (χ1) is 11.6. The fourth-order valence-electron chi connectivity index (χ4n) is 2.50. The number of halogens is 2. The highest BCUT2D eigenvalue weighted by Gasteiger charge is 2.26. The monoisotopic (exact) mass is 398 g/mol. The van der Waals surface area contributed by atoms with Gasteiger partial charge in [0.2, 0.25) is 11.7 Å². The van der Waals surface area contributed by atoms with E-state index in [0.29, 0.717) is 24.0 Å². The Balaban J connectivity index is 1.69. The van der Waals surface area contributed by atoms with Gasteiger partial charge in [-0.05, 0) is 63.2 Å². The lowest BCUT2D eigenvalue weighted by molar-refractivity contribution is 0.278. The summed E-state index contributed by atoms with van der Waals surface area (Å²) in [5, 5.41) is 25.9. The summed E-state index contributed by atoms with van der Waals surface area (Å²) in [6.07, 6.45) is 1.91. The Hall–Kier alpha value is -2.20. The van der Waals surface area contributed by atoms with E-state index in [0.717, 1.165) is 12.8 Å². The van der Waals surface area contributed by atoms with Crippen molar-refractivity contribution in [3.63, 3.8) is 0 Å². The SMILES string of the molecule is NC1CC(CNc2nonc2C(=NO)Nc2ccc(F)c(Br)c2)C1. The van der Waals surface area contributed by atoms with Crippen molar-refractivity contribution < 1.29 is 14.2 Å². The van der Waals surface area contributed by atoms with Crippen LogP contribution in [-0.2, 0) is 0 Å². The number of nitrogens with two attached hydrogens (primary N) is 1. The first-order valence-corrected chi connectivity index (χ1v) is 8.12. The van der Waals surface area contributed by atoms with Gasteiger partial charge in [0, 0.05) is 18.3 Å². The topological polar surface area (TPSA) is 122 Å². The zero-order chi connectivity index (χ0) is 17.1. The molecule has 1 fully saturated rings. The molecule has 1 aliphatic carbocycles. The highest BCUT2D eigenvalue weighted by Crippen LogP contribution is 2.26. The molecule has 1 aromatic heterocycles. The number of nitrogens with zero attached hydrogens (tertiary/aromatic N) is 3. The van der Waals surface area contributed by atoms with E-state index in [2.05, 4.69) is 42.0 Å². The number of amidine groups is 1. The summed E-state index contributed by atoms with van der Waals surface area (Å²) in [5.41, 5.74) is 6.49. The van der Waals surface area contributed by atoms with Crippen molar-refractivity contribution in [3.05, 3.63) is 34.2 Å². The number of rotatable bonds is 5. The third-order valence-electron chi connectivity index (χ3n) is 3.83. The van der Waals surface area contributed by atoms with Crippen molar-refractivity contribution in [1.82, 2.24) is 10.3 Å². The predicted molar refractivity (Wildman–Crippen MR) is 89.5 cm³/mol. The standard InChI is InChI=1S/C14H16BrFN6O2/c15-10-5-9(1-2-11(10)16)19-14(20-23)12-13(22-24-21-12)18-6-7-3-8(17)4-7/h1-2,5,7-8,23H,3-4,6,17H2,(H,18,22)(H,19,20). The van der Waals surface area contributed by atoms with Gasteiger partial charge in [0.25, 0.3) is 0 Å². The normalized spacial score (nSPS) is 20.5. The Morgan fingerprint density at radius 2 is 2.25 bits per heavy atom. The third-order valence-corrected chi connectivity index (χ3v) is 4.43. The van der Waals surface area contributed by atoms with Crippen molar-refractivity contribution in [2.24, 2.45) is 16.8 Å². The number of benzene rings is 1. The highest BCUT2D eigenvalue weighted by molar-refractivity contribution is 9.10. The van der Waals surface area contributed by atoms with E-state index in [1.54, 1.807) is 0 Å². The van der Waals surface area contributed by atoms with Crippen LogP contribution >= 0.6 is 15.9 Å². The molecule has 0 bridgehead atoms. The summed E-state index contributed by atoms with van der Waals surface area (Å²) >= 11 is 3.09. The molecule has 24 heavy (non-hydrogen) atoms. The van der Waals surface area contributed by atoms with Gasteiger partial charge < -0.3 is 21.6 Å². The van der Waals surface area contributed by atoms with Crippen LogP contribution in [0.15, 0.2) is 32.5 Å². The fraction of sp³-hybridized carbons (Fsp3) is 0.357. The highest BCUT2D eigenvalue weighted by atomic mass is 79.9. The Labute approximate surface area is 145 Å². The molecule has 0 amide bonds. The van der Waals surface area contributed by atoms with Gasteiger partial charge in [-0.2, -0.15) is 0 Å². The molecule has 1 aliphatic rings. The number of nitrogens with one attached hydrogen (secondary N) is 2. The Kier molecular flexibility index (Phi) is 4.95. The average molecular weight is 399 g/mol. The van der Waals surface area contributed by atoms with Crippen molar-refractivity contribution in [2.75, 3.05) is 17.2 Å². The molecule has 8 nitrogen and oxygen atoms in total. The van der Waals surface area contributed by atoms with E-state index in [1.807, 2.05) is 0 Å². The second-order valence-electron chi connectivity index (χ2n) is 5.64. The molecular formula is C14H16BrFN6O2. The quantitative estimate of drug-likeness (QED) is 0.264. The van der Waals surface area contributed by atoms with Crippen molar-refractivity contribution in [1.29, 1.82) is 0 Å². The first kappa shape index (κ1) is 16.7. The van der Waals surface area contributed by atoms with Crippen LogP contribution in [0.3, 0.4) is 0 Å². The Bertz CT molecular complexity index is 747. The smallest absolute Gasteiger partial charge is 0.203 e. The summed E-state index contributed by atoms with van der Waals surface area (Å²) in [7, 11) is 0. The minimum atomic E-state index is -0.396. The molecular weight excluding hydrogens is 383 g/mol. The third kappa shape index (κ3) is 3.65. The maximum absolute atomic E-state index is 13.3. The van der Waals surface area contributed by atoms with E-state index in [4.69, 9.17) is 10.4 Å². The summed E-state index contributed by atoms with van der Waals surface area (Å²) in [4.78, 5) is 0. The second kappa shape index (κ2) is 7.14. The molecule has 0 spiro atoms. The van der Waals surface area contributed by atoms with Crippen molar-refractivity contribution in [3.8, 4) is 0 Å². The molecule has 3 rings (SSSR count). The molecule has 1 saturated carbocycles. The van der Waals surface area contributed by atoms with Gasteiger partial charge in [-0.1, -0.05) is 5.16 Å². The number of hydrogen-bond acceptors (Lipinski definition) is 7. The molecule has 1 aromatic carbocycles. The van der Waals surface area contributed by atoms with Crippen LogP contribution in [-0.4, -0.2) is 33.9 Å². The van der Waals surface area contributed by atoms with Crippen LogP contribution in [0.1, 0.15) is 18.5 Å².